The van der Waals surface area contributed by atoms with Gasteiger partial charge in [0.05, 0.1) is 6.61 Å². The molecule has 0 aliphatic rings. The van der Waals surface area contributed by atoms with Gasteiger partial charge in [0, 0.05) is 38.8 Å². The van der Waals surface area contributed by atoms with Crippen molar-refractivity contribution in [2.75, 3.05) is 32.2 Å². The first-order valence-corrected chi connectivity index (χ1v) is 3.94. The van der Waals surface area contributed by atoms with E-state index >= 15 is 0 Å². The molecule has 1 rings (SSSR count). The Labute approximate surface area is 73.0 Å². The molecule has 0 atom stereocenters. The van der Waals surface area contributed by atoms with Crippen molar-refractivity contribution in [1.82, 2.24) is 4.98 Å². The van der Waals surface area contributed by atoms with Crippen molar-refractivity contribution >= 4 is 5.69 Å². The largest absolute Gasteiger partial charge is 0.383 e. The molecule has 0 spiro atoms. The van der Waals surface area contributed by atoms with E-state index in [1.165, 1.54) is 5.69 Å². The van der Waals surface area contributed by atoms with E-state index in [1.54, 1.807) is 19.5 Å². The second-order valence-corrected chi connectivity index (χ2v) is 2.62. The Morgan fingerprint density at radius 2 is 2.08 bits per heavy atom. The Hall–Kier alpha value is -1.09. The Balaban J connectivity index is 2.48. The van der Waals surface area contributed by atoms with Gasteiger partial charge in [0.1, 0.15) is 0 Å². The lowest BCUT2D eigenvalue weighted by molar-refractivity contribution is 0.206. The molecular weight excluding hydrogens is 152 g/mol. The number of aromatic nitrogens is 1. The molecule has 0 radical (unpaired) electrons. The molecule has 0 unspecified atom stereocenters. The van der Waals surface area contributed by atoms with Crippen LogP contribution in [-0.4, -0.2) is 32.3 Å². The summed E-state index contributed by atoms with van der Waals surface area (Å²) in [6.45, 7) is 1.65. The maximum Gasteiger partial charge on any atom is 0.0637 e. The number of rotatable bonds is 4. The number of pyridine rings is 1. The number of hydrogen-bond acceptors (Lipinski definition) is 3. The lowest BCUT2D eigenvalue weighted by Gasteiger charge is -2.17. The molecule has 0 aliphatic heterocycles. The summed E-state index contributed by atoms with van der Waals surface area (Å²) in [7, 11) is 3.74. The fourth-order valence-corrected chi connectivity index (χ4v) is 0.956. The number of methoxy groups -OCH3 is 1. The molecular formula is C9H14N2O. The zero-order chi connectivity index (χ0) is 8.81. The van der Waals surface area contributed by atoms with Crippen LogP contribution in [0.25, 0.3) is 0 Å². The average Bonchev–Trinajstić information content (AvgIpc) is 2.15. The number of likely N-dealkylation sites (N-methyl/N-ethyl adjacent to an activating group) is 1. The van der Waals surface area contributed by atoms with E-state index in [0.29, 0.717) is 0 Å². The third-order valence-corrected chi connectivity index (χ3v) is 1.73. The molecule has 0 aliphatic carbocycles. The SMILES string of the molecule is COCCN(C)c1ccncc1. The minimum atomic E-state index is 0.749. The first-order valence-electron chi connectivity index (χ1n) is 3.94. The Morgan fingerprint density at radius 3 is 2.67 bits per heavy atom. The minimum Gasteiger partial charge on any atom is -0.383 e. The van der Waals surface area contributed by atoms with Crippen LogP contribution in [0.15, 0.2) is 24.5 Å². The first kappa shape index (κ1) is 9.00. The monoisotopic (exact) mass is 166 g/mol. The number of anilines is 1. The Bertz CT molecular complexity index is 213. The van der Waals surface area contributed by atoms with Crippen molar-refractivity contribution in [3.8, 4) is 0 Å². The van der Waals surface area contributed by atoms with Gasteiger partial charge in [-0.15, -0.1) is 0 Å². The topological polar surface area (TPSA) is 25.4 Å². The quantitative estimate of drug-likeness (QED) is 0.671. The summed E-state index contributed by atoms with van der Waals surface area (Å²) in [5.41, 5.74) is 1.17. The van der Waals surface area contributed by atoms with E-state index in [0.717, 1.165) is 13.2 Å². The molecule has 1 aromatic rings. The van der Waals surface area contributed by atoms with Crippen molar-refractivity contribution in [2.45, 2.75) is 0 Å². The van der Waals surface area contributed by atoms with E-state index < -0.39 is 0 Å². The van der Waals surface area contributed by atoms with Crippen molar-refractivity contribution in [3.05, 3.63) is 24.5 Å². The molecule has 0 N–H and O–H groups in total. The molecule has 0 saturated heterocycles. The van der Waals surface area contributed by atoms with Gasteiger partial charge >= 0.3 is 0 Å². The van der Waals surface area contributed by atoms with Crippen LogP contribution in [0.4, 0.5) is 5.69 Å². The van der Waals surface area contributed by atoms with Crippen LogP contribution in [0.3, 0.4) is 0 Å². The zero-order valence-corrected chi connectivity index (χ0v) is 7.53. The van der Waals surface area contributed by atoms with Gasteiger partial charge in [-0.25, -0.2) is 0 Å². The maximum atomic E-state index is 4.98. The van der Waals surface area contributed by atoms with E-state index in [1.807, 2.05) is 19.2 Å². The second-order valence-electron chi connectivity index (χ2n) is 2.62. The van der Waals surface area contributed by atoms with Crippen molar-refractivity contribution in [3.63, 3.8) is 0 Å². The highest BCUT2D eigenvalue weighted by molar-refractivity contribution is 5.43. The number of ether oxygens (including phenoxy) is 1. The second kappa shape index (κ2) is 4.72. The lowest BCUT2D eigenvalue weighted by Crippen LogP contribution is -2.21. The predicted molar refractivity (Wildman–Crippen MR) is 49.4 cm³/mol. The first-order chi connectivity index (χ1) is 5.84. The maximum absolute atomic E-state index is 4.98. The van der Waals surface area contributed by atoms with Gasteiger partial charge in [0.25, 0.3) is 0 Å². The number of hydrogen-bond donors (Lipinski definition) is 0. The fraction of sp³-hybridized carbons (Fsp3) is 0.444. The van der Waals surface area contributed by atoms with Gasteiger partial charge in [-0.1, -0.05) is 0 Å². The average molecular weight is 166 g/mol. The summed E-state index contributed by atoms with van der Waals surface area (Å²) in [5, 5.41) is 0. The van der Waals surface area contributed by atoms with Crippen molar-refractivity contribution in [2.24, 2.45) is 0 Å². The highest BCUT2D eigenvalue weighted by atomic mass is 16.5. The molecule has 0 amide bonds. The summed E-state index contributed by atoms with van der Waals surface area (Å²) >= 11 is 0. The molecule has 12 heavy (non-hydrogen) atoms. The standard InChI is InChI=1S/C9H14N2O/c1-11(7-8-12-2)9-3-5-10-6-4-9/h3-6H,7-8H2,1-2H3. The molecule has 0 aromatic carbocycles. The highest BCUT2D eigenvalue weighted by Crippen LogP contribution is 2.08. The third-order valence-electron chi connectivity index (χ3n) is 1.73. The minimum absolute atomic E-state index is 0.749. The molecule has 0 bridgehead atoms. The van der Waals surface area contributed by atoms with Gasteiger partial charge in [-0.05, 0) is 12.1 Å². The van der Waals surface area contributed by atoms with Gasteiger partial charge in [-0.3, -0.25) is 4.98 Å². The van der Waals surface area contributed by atoms with Crippen LogP contribution < -0.4 is 4.90 Å². The lowest BCUT2D eigenvalue weighted by atomic mass is 10.4. The van der Waals surface area contributed by atoms with Gasteiger partial charge in [-0.2, -0.15) is 0 Å². The van der Waals surface area contributed by atoms with E-state index in [-0.39, 0.29) is 0 Å². The Kier molecular flexibility index (Phi) is 3.54. The van der Waals surface area contributed by atoms with Gasteiger partial charge in [0.15, 0.2) is 0 Å². The van der Waals surface area contributed by atoms with Crippen LogP contribution in [0.2, 0.25) is 0 Å². The molecule has 0 saturated carbocycles. The van der Waals surface area contributed by atoms with Crippen LogP contribution in [0, 0.1) is 0 Å². The van der Waals surface area contributed by atoms with E-state index in [2.05, 4.69) is 9.88 Å². The molecule has 1 aromatic heterocycles. The molecule has 3 nitrogen and oxygen atoms in total. The summed E-state index contributed by atoms with van der Waals surface area (Å²) in [5.74, 6) is 0. The Morgan fingerprint density at radius 1 is 1.42 bits per heavy atom. The van der Waals surface area contributed by atoms with Crippen molar-refractivity contribution < 1.29 is 4.74 Å². The molecule has 1 heterocycles. The normalized spacial score (nSPS) is 9.83. The van der Waals surface area contributed by atoms with Crippen LogP contribution in [0.1, 0.15) is 0 Å². The smallest absolute Gasteiger partial charge is 0.0637 e. The summed E-state index contributed by atoms with van der Waals surface area (Å²) in [6.07, 6.45) is 3.58. The fourth-order valence-electron chi connectivity index (χ4n) is 0.956. The number of nitrogens with zero attached hydrogens (tertiary/aromatic N) is 2. The molecule has 66 valence electrons. The zero-order valence-electron chi connectivity index (χ0n) is 7.53. The van der Waals surface area contributed by atoms with E-state index in [9.17, 15) is 0 Å². The van der Waals surface area contributed by atoms with Crippen LogP contribution in [0.5, 0.6) is 0 Å². The van der Waals surface area contributed by atoms with E-state index in [4.69, 9.17) is 4.74 Å². The summed E-state index contributed by atoms with van der Waals surface area (Å²) in [6, 6.07) is 3.96. The van der Waals surface area contributed by atoms with Crippen molar-refractivity contribution in [1.29, 1.82) is 0 Å². The highest BCUT2D eigenvalue weighted by Gasteiger charge is 1.97. The third kappa shape index (κ3) is 2.51. The van der Waals surface area contributed by atoms with Crippen LogP contribution >= 0.6 is 0 Å². The summed E-state index contributed by atoms with van der Waals surface area (Å²) < 4.78 is 4.98. The molecule has 3 heteroatoms. The predicted octanol–water partition coefficient (Wildman–Crippen LogP) is 1.16. The van der Waals surface area contributed by atoms with Gasteiger partial charge < -0.3 is 9.64 Å². The molecule has 0 fully saturated rings. The van der Waals surface area contributed by atoms with Gasteiger partial charge in [0.2, 0.25) is 0 Å². The summed E-state index contributed by atoms with van der Waals surface area (Å²) in [4.78, 5) is 6.08. The van der Waals surface area contributed by atoms with Crippen LogP contribution in [-0.2, 0) is 4.74 Å².